The molecule has 0 radical (unpaired) electrons. The molecule has 2 N–H and O–H groups in total. The van der Waals surface area contributed by atoms with E-state index in [1.807, 2.05) is 0 Å². The molecule has 0 aromatic rings. The smallest absolute Gasteiger partial charge is 0.314 e. The van der Waals surface area contributed by atoms with Crippen molar-refractivity contribution in [2.75, 3.05) is 21.0 Å². The predicted octanol–water partition coefficient (Wildman–Crippen LogP) is -0.841. The van der Waals surface area contributed by atoms with Gasteiger partial charge in [-0.1, -0.05) is 0 Å². The molecule has 70 valence electrons. The molecule has 0 aliphatic carbocycles. The van der Waals surface area contributed by atoms with Crippen molar-refractivity contribution in [3.63, 3.8) is 0 Å². The third-order valence-electron chi connectivity index (χ3n) is 0.961. The lowest BCUT2D eigenvalue weighted by molar-refractivity contribution is 0.0803. The van der Waals surface area contributed by atoms with E-state index in [2.05, 4.69) is 31.5 Å². The lowest BCUT2D eigenvalue weighted by atomic mass is 10.9. The van der Waals surface area contributed by atoms with E-state index in [4.69, 9.17) is 5.11 Å². The van der Waals surface area contributed by atoms with Gasteiger partial charge in [0, 0.05) is 7.11 Å². The summed E-state index contributed by atoms with van der Waals surface area (Å²) in [7, 11) is 2.88. The second-order valence-corrected chi connectivity index (χ2v) is 1.78. The fourth-order valence-corrected chi connectivity index (χ4v) is 0.466. The number of aliphatic hydroxyl groups is 1. The number of nitrogens with zero attached hydrogens (tertiary/aromatic N) is 2. The standard InChI is InChI=1S/C6H13N3O3/c1-7-6(12-3)9-5(10)8-4-11-2/h5,8,10H,1,4H2,2-3H3. The molecule has 1 atom stereocenters. The molecule has 0 aromatic heterocycles. The first-order valence-electron chi connectivity index (χ1n) is 3.23. The van der Waals surface area contributed by atoms with Crippen LogP contribution < -0.4 is 5.32 Å². The average molecular weight is 175 g/mol. The molecular weight excluding hydrogens is 162 g/mol. The summed E-state index contributed by atoms with van der Waals surface area (Å²) < 4.78 is 9.26. The van der Waals surface area contributed by atoms with Crippen LogP contribution in [-0.2, 0) is 9.47 Å². The first kappa shape index (κ1) is 11.0. The van der Waals surface area contributed by atoms with Crippen LogP contribution in [0.2, 0.25) is 0 Å². The molecule has 0 saturated carbocycles. The van der Waals surface area contributed by atoms with E-state index in [0.29, 0.717) is 0 Å². The summed E-state index contributed by atoms with van der Waals surface area (Å²) in [4.78, 5) is 6.97. The Balaban J connectivity index is 3.84. The summed E-state index contributed by atoms with van der Waals surface area (Å²) >= 11 is 0. The average Bonchev–Trinajstić information content (AvgIpc) is 2.10. The second-order valence-electron chi connectivity index (χ2n) is 1.78. The number of methoxy groups -OCH3 is 2. The predicted molar refractivity (Wildman–Crippen MR) is 45.0 cm³/mol. The van der Waals surface area contributed by atoms with Gasteiger partial charge in [0.25, 0.3) is 0 Å². The number of hydrogen-bond acceptors (Lipinski definition) is 5. The first-order valence-corrected chi connectivity index (χ1v) is 3.23. The molecule has 0 aromatic carbocycles. The summed E-state index contributed by atoms with van der Waals surface area (Å²) in [6.07, 6.45) is -1.09. The molecule has 6 heteroatoms. The van der Waals surface area contributed by atoms with Crippen LogP contribution in [0, 0.1) is 0 Å². The van der Waals surface area contributed by atoms with Crippen molar-refractivity contribution in [2.45, 2.75) is 6.35 Å². The van der Waals surface area contributed by atoms with Gasteiger partial charge < -0.3 is 14.6 Å². The SMILES string of the molecule is C=NC(=NC(O)NCOC)OC. The molecular formula is C6H13N3O3. The number of rotatable bonds is 4. The maximum absolute atomic E-state index is 9.07. The van der Waals surface area contributed by atoms with E-state index in [0.717, 1.165) is 0 Å². The number of aliphatic imine (C=N–C) groups is 2. The van der Waals surface area contributed by atoms with Gasteiger partial charge in [0.1, 0.15) is 0 Å². The third kappa shape index (κ3) is 4.78. The molecule has 0 rings (SSSR count). The fourth-order valence-electron chi connectivity index (χ4n) is 0.466. The minimum absolute atomic E-state index is 0.0195. The molecule has 0 heterocycles. The fraction of sp³-hybridized carbons (Fsp3) is 0.667. The van der Waals surface area contributed by atoms with Crippen LogP contribution in [0.5, 0.6) is 0 Å². The van der Waals surface area contributed by atoms with E-state index < -0.39 is 6.35 Å². The summed E-state index contributed by atoms with van der Waals surface area (Å²) in [5, 5.41) is 11.6. The molecule has 0 saturated heterocycles. The number of aliphatic hydroxyl groups excluding tert-OH is 1. The number of ether oxygens (including phenoxy) is 2. The minimum Gasteiger partial charge on any atom is -0.467 e. The maximum Gasteiger partial charge on any atom is 0.314 e. The molecule has 0 spiro atoms. The van der Waals surface area contributed by atoms with E-state index in [1.54, 1.807) is 0 Å². The number of amidine groups is 1. The van der Waals surface area contributed by atoms with Gasteiger partial charge in [-0.25, -0.2) is 10.3 Å². The van der Waals surface area contributed by atoms with Gasteiger partial charge in [-0.05, 0) is 6.72 Å². The Labute approximate surface area is 70.9 Å². The Kier molecular flexibility index (Phi) is 6.16. The number of hydrogen-bond donors (Lipinski definition) is 2. The van der Waals surface area contributed by atoms with Gasteiger partial charge in [-0.2, -0.15) is 4.99 Å². The molecule has 0 aliphatic heterocycles. The summed E-state index contributed by atoms with van der Waals surface area (Å²) in [6.45, 7) is 3.38. The highest BCUT2D eigenvalue weighted by Crippen LogP contribution is 1.85. The first-order chi connectivity index (χ1) is 5.74. The van der Waals surface area contributed by atoms with Crippen molar-refractivity contribution in [3.8, 4) is 0 Å². The van der Waals surface area contributed by atoms with Gasteiger partial charge in [0.15, 0.2) is 0 Å². The van der Waals surface area contributed by atoms with Gasteiger partial charge >= 0.3 is 6.02 Å². The van der Waals surface area contributed by atoms with Gasteiger partial charge in [0.2, 0.25) is 6.35 Å². The van der Waals surface area contributed by atoms with Gasteiger partial charge in [-0.15, -0.1) is 0 Å². The Morgan fingerprint density at radius 2 is 2.33 bits per heavy atom. The van der Waals surface area contributed by atoms with Crippen molar-refractivity contribution in [1.82, 2.24) is 5.32 Å². The molecule has 0 amide bonds. The zero-order chi connectivity index (χ0) is 9.40. The van der Waals surface area contributed by atoms with Crippen molar-refractivity contribution < 1.29 is 14.6 Å². The molecule has 1 unspecified atom stereocenters. The van der Waals surface area contributed by atoms with E-state index in [1.165, 1.54) is 14.2 Å². The van der Waals surface area contributed by atoms with Crippen molar-refractivity contribution in [2.24, 2.45) is 9.98 Å². The van der Waals surface area contributed by atoms with E-state index >= 15 is 0 Å². The maximum atomic E-state index is 9.07. The Morgan fingerprint density at radius 1 is 1.67 bits per heavy atom. The van der Waals surface area contributed by atoms with Crippen LogP contribution in [0.15, 0.2) is 9.98 Å². The van der Waals surface area contributed by atoms with Crippen LogP contribution in [-0.4, -0.2) is 45.1 Å². The highest BCUT2D eigenvalue weighted by Gasteiger charge is 2.00. The van der Waals surface area contributed by atoms with E-state index in [9.17, 15) is 0 Å². The normalized spacial score (nSPS) is 14.1. The molecule has 0 aliphatic rings. The Bertz CT molecular complexity index is 160. The zero-order valence-corrected chi connectivity index (χ0v) is 7.15. The van der Waals surface area contributed by atoms with Crippen molar-refractivity contribution in [3.05, 3.63) is 0 Å². The largest absolute Gasteiger partial charge is 0.467 e. The Hall–Kier alpha value is -0.980. The third-order valence-corrected chi connectivity index (χ3v) is 0.961. The second kappa shape index (κ2) is 6.71. The highest BCUT2D eigenvalue weighted by molar-refractivity contribution is 5.78. The van der Waals surface area contributed by atoms with E-state index in [-0.39, 0.29) is 12.8 Å². The van der Waals surface area contributed by atoms with Crippen LogP contribution in [0.4, 0.5) is 0 Å². The topological polar surface area (TPSA) is 75.4 Å². The van der Waals surface area contributed by atoms with Crippen LogP contribution in [0.25, 0.3) is 0 Å². The minimum atomic E-state index is -1.09. The lowest BCUT2D eigenvalue weighted by Gasteiger charge is -2.07. The quantitative estimate of drug-likeness (QED) is 0.332. The molecule has 12 heavy (non-hydrogen) atoms. The van der Waals surface area contributed by atoms with Crippen LogP contribution >= 0.6 is 0 Å². The lowest BCUT2D eigenvalue weighted by Crippen LogP contribution is -2.29. The molecule has 0 fully saturated rings. The van der Waals surface area contributed by atoms with Crippen molar-refractivity contribution >= 4 is 12.7 Å². The van der Waals surface area contributed by atoms with Gasteiger partial charge in [-0.3, -0.25) is 0 Å². The monoisotopic (exact) mass is 175 g/mol. The van der Waals surface area contributed by atoms with Crippen molar-refractivity contribution in [1.29, 1.82) is 0 Å². The summed E-state index contributed by atoms with van der Waals surface area (Å²) in [5.74, 6) is 0. The van der Waals surface area contributed by atoms with Crippen LogP contribution in [0.1, 0.15) is 0 Å². The zero-order valence-electron chi connectivity index (χ0n) is 7.15. The molecule has 6 nitrogen and oxygen atoms in total. The Morgan fingerprint density at radius 3 is 2.75 bits per heavy atom. The molecule has 0 bridgehead atoms. The highest BCUT2D eigenvalue weighted by atomic mass is 16.5. The van der Waals surface area contributed by atoms with Gasteiger partial charge in [0.05, 0.1) is 13.8 Å². The van der Waals surface area contributed by atoms with Crippen LogP contribution in [0.3, 0.4) is 0 Å². The number of nitrogens with one attached hydrogen (secondary N) is 1. The summed E-state index contributed by atoms with van der Waals surface area (Å²) in [5.41, 5.74) is 0. The summed E-state index contributed by atoms with van der Waals surface area (Å²) in [6, 6.07) is 0.0195.